The molecule has 1 rings (SSSR count). The van der Waals surface area contributed by atoms with Crippen molar-refractivity contribution < 1.29 is 0 Å². The van der Waals surface area contributed by atoms with Crippen molar-refractivity contribution in [2.45, 2.75) is 32.1 Å². The summed E-state index contributed by atoms with van der Waals surface area (Å²) in [7, 11) is 2.63. The van der Waals surface area contributed by atoms with Crippen LogP contribution in [-0.2, 0) is 0 Å². The van der Waals surface area contributed by atoms with Gasteiger partial charge in [-0.25, -0.2) is 0 Å². The fraction of sp³-hybridized carbons (Fsp3) is 0.500. The molecule has 0 aliphatic heterocycles. The molecule has 0 saturated heterocycles. The first-order valence-corrected chi connectivity index (χ1v) is 20.6. The van der Waals surface area contributed by atoms with Gasteiger partial charge in [0.05, 0.1) is 0 Å². The van der Waals surface area contributed by atoms with Crippen molar-refractivity contribution in [2.75, 3.05) is 0 Å². The molecule has 0 aromatic heterocycles. The minimum absolute atomic E-state index is 0.333. The van der Waals surface area contributed by atoms with E-state index in [1.807, 2.05) is 30.3 Å². The quantitative estimate of drug-likeness (QED) is 0.464. The normalized spacial score (nSPS) is 8.87. The Kier molecular flexibility index (Phi) is 16.0. The van der Waals surface area contributed by atoms with Gasteiger partial charge in [0.1, 0.15) is 0 Å². The van der Waals surface area contributed by atoms with Crippen LogP contribution in [0.5, 0.6) is 0 Å². The fourth-order valence-corrected chi connectivity index (χ4v) is 0.675. The summed E-state index contributed by atoms with van der Waals surface area (Å²) in [6, 6.07) is 10.1. The number of rotatable bonds is 0. The molecule has 0 amide bonds. The van der Waals surface area contributed by atoms with Crippen LogP contribution in [0.1, 0.15) is 0 Å². The standard InChI is InChI=1S/C6H7P.C3H9Ge.3CH3.Sn/c7-6-4-2-1-3-5-6;1-4(2)3;;;;/h1-5H,7H2;1-3H3;3*1H3;. The molecule has 0 aliphatic carbocycles. The van der Waals surface area contributed by atoms with Crippen LogP contribution in [0.2, 0.25) is 32.1 Å². The van der Waals surface area contributed by atoms with Crippen molar-refractivity contribution in [3.05, 3.63) is 30.3 Å². The molecule has 3 heteroatoms. The van der Waals surface area contributed by atoms with Gasteiger partial charge < -0.3 is 0 Å². The SMILES string of the molecule is Pc1ccccc1.[CH3][Ge]([CH3])[CH3].[CH3][Sn]([CH3])[CH3]. The number of benzene rings is 1. The third-order valence-corrected chi connectivity index (χ3v) is 1.18. The van der Waals surface area contributed by atoms with E-state index in [0.29, 0.717) is 0 Å². The molecular weight excluding hydrogens is 366 g/mol. The van der Waals surface area contributed by atoms with Crippen LogP contribution in [0, 0.1) is 0 Å². The molecule has 0 nitrogen and oxygen atoms in total. The number of hydrogen-bond donors (Lipinski definition) is 0. The molecule has 1 atom stereocenters. The van der Waals surface area contributed by atoms with E-state index < -0.39 is 19.8 Å². The first-order chi connectivity index (χ1) is 6.86. The molecular formula is C12H25GePSn. The van der Waals surface area contributed by atoms with Gasteiger partial charge in [-0.1, -0.05) is 30.3 Å². The van der Waals surface area contributed by atoms with E-state index in [-0.39, 0.29) is 14.3 Å². The van der Waals surface area contributed by atoms with Crippen LogP contribution in [0.3, 0.4) is 0 Å². The van der Waals surface area contributed by atoms with Gasteiger partial charge in [-0.05, 0) is 5.30 Å². The summed E-state index contributed by atoms with van der Waals surface area (Å²) >= 11 is -0.877. The van der Waals surface area contributed by atoms with Gasteiger partial charge in [0, 0.05) is 0 Å². The molecule has 0 bridgehead atoms. The third kappa shape index (κ3) is 31.3. The molecule has 0 heterocycles. The molecule has 1 aromatic carbocycles. The Balaban J connectivity index is 0. The van der Waals surface area contributed by atoms with E-state index >= 15 is 0 Å². The first kappa shape index (κ1) is 18.4. The van der Waals surface area contributed by atoms with E-state index in [9.17, 15) is 0 Å². The summed E-state index contributed by atoms with van der Waals surface area (Å²) in [4.78, 5) is 7.09. The zero-order valence-electron chi connectivity index (χ0n) is 11.0. The first-order valence-electron chi connectivity index (χ1n) is 5.20. The summed E-state index contributed by atoms with van der Waals surface area (Å²) < 4.78 is 0. The van der Waals surface area contributed by atoms with Gasteiger partial charge in [0.15, 0.2) is 0 Å². The summed E-state index contributed by atoms with van der Waals surface area (Å²) in [5.74, 6) is 7.00. The van der Waals surface area contributed by atoms with Crippen molar-refractivity contribution in [1.29, 1.82) is 0 Å². The number of hydrogen-bond acceptors (Lipinski definition) is 0. The van der Waals surface area contributed by atoms with Gasteiger partial charge in [-0.3, -0.25) is 0 Å². The molecule has 0 N–H and O–H groups in total. The van der Waals surface area contributed by atoms with Crippen molar-refractivity contribution in [2.24, 2.45) is 0 Å². The Morgan fingerprint density at radius 2 is 1.20 bits per heavy atom. The zero-order valence-corrected chi connectivity index (χ0v) is 17.1. The third-order valence-electron chi connectivity index (χ3n) is 0.800. The fourth-order valence-electron chi connectivity index (χ4n) is 0.453. The van der Waals surface area contributed by atoms with Crippen LogP contribution < -0.4 is 5.30 Å². The molecule has 1 aromatic rings. The van der Waals surface area contributed by atoms with Crippen molar-refractivity contribution in [3.8, 4) is 0 Å². The Labute approximate surface area is 110 Å². The maximum absolute atomic E-state index is 2.63. The molecule has 1 unspecified atom stereocenters. The van der Waals surface area contributed by atoms with Gasteiger partial charge in [0.25, 0.3) is 0 Å². The van der Waals surface area contributed by atoms with Crippen molar-refractivity contribution in [3.63, 3.8) is 0 Å². The van der Waals surface area contributed by atoms with Crippen LogP contribution >= 0.6 is 9.24 Å². The van der Waals surface area contributed by atoms with E-state index in [1.54, 1.807) is 0 Å². The predicted molar refractivity (Wildman–Crippen MR) is 82.5 cm³/mol. The van der Waals surface area contributed by atoms with E-state index in [1.165, 1.54) is 5.30 Å². The second-order valence-electron chi connectivity index (χ2n) is 4.41. The molecule has 0 fully saturated rings. The van der Waals surface area contributed by atoms with Gasteiger partial charge in [-0.2, -0.15) is 0 Å². The second-order valence-corrected chi connectivity index (χ2v) is 19.9. The van der Waals surface area contributed by atoms with Gasteiger partial charge in [-0.15, -0.1) is 9.24 Å². The van der Waals surface area contributed by atoms with E-state index in [4.69, 9.17) is 0 Å². The summed E-state index contributed by atoms with van der Waals surface area (Å²) in [6.07, 6.45) is 0. The van der Waals surface area contributed by atoms with Crippen LogP contribution in [0.25, 0.3) is 0 Å². The average Bonchev–Trinajstić information content (AvgIpc) is 2.03. The van der Waals surface area contributed by atoms with E-state index in [0.717, 1.165) is 0 Å². The summed E-state index contributed by atoms with van der Waals surface area (Å²) in [5, 5.41) is 1.24. The second kappa shape index (κ2) is 13.1. The monoisotopic (exact) mass is 394 g/mol. The maximum atomic E-state index is 2.63. The topological polar surface area (TPSA) is 0 Å². The predicted octanol–water partition coefficient (Wildman–Crippen LogP) is 3.93. The minimum atomic E-state index is -0.543. The summed E-state index contributed by atoms with van der Waals surface area (Å²) in [6.45, 7) is 0. The molecule has 86 valence electrons. The Morgan fingerprint density at radius 3 is 1.33 bits per heavy atom. The molecule has 0 spiro atoms. The van der Waals surface area contributed by atoms with E-state index in [2.05, 4.69) is 41.3 Å². The average molecular weight is 392 g/mol. The Morgan fingerprint density at radius 1 is 0.933 bits per heavy atom. The molecule has 0 saturated carbocycles. The zero-order chi connectivity index (χ0) is 12.3. The van der Waals surface area contributed by atoms with Gasteiger partial charge in [0.2, 0.25) is 0 Å². The Hall–Kier alpha value is 0.992. The molecule has 15 heavy (non-hydrogen) atoms. The van der Waals surface area contributed by atoms with Crippen molar-refractivity contribution >= 4 is 48.7 Å². The van der Waals surface area contributed by atoms with Gasteiger partial charge >= 0.3 is 66.2 Å². The molecule has 0 aliphatic rings. The Bertz CT molecular complexity index is 201. The van der Waals surface area contributed by atoms with Crippen LogP contribution in [0.15, 0.2) is 30.3 Å². The van der Waals surface area contributed by atoms with Crippen molar-refractivity contribution in [1.82, 2.24) is 0 Å². The molecule has 2 radical (unpaired) electrons. The summed E-state index contributed by atoms with van der Waals surface area (Å²) in [5.41, 5.74) is 0. The van der Waals surface area contributed by atoms with Crippen LogP contribution in [0.4, 0.5) is 0 Å². The van der Waals surface area contributed by atoms with Crippen LogP contribution in [-0.4, -0.2) is 34.1 Å².